The van der Waals surface area contributed by atoms with Crippen LogP contribution < -0.4 is 14.8 Å². The van der Waals surface area contributed by atoms with Gasteiger partial charge in [0.25, 0.3) is 0 Å². The molecule has 0 spiro atoms. The number of aliphatic hydroxyl groups excluding tert-OH is 1. The third-order valence-electron chi connectivity index (χ3n) is 3.28. The third kappa shape index (κ3) is 3.75. The lowest BCUT2D eigenvalue weighted by Gasteiger charge is -2.22. The maximum absolute atomic E-state index is 9.98. The molecule has 0 radical (unpaired) electrons. The molecular weight excluding hydrogens is 244 g/mol. The van der Waals surface area contributed by atoms with Gasteiger partial charge in [0.05, 0.1) is 6.10 Å². The molecule has 1 aliphatic rings. The highest BCUT2D eigenvalue weighted by atomic mass is 16.7. The van der Waals surface area contributed by atoms with Gasteiger partial charge in [-0.15, -0.1) is 0 Å². The monoisotopic (exact) mass is 266 g/mol. The fourth-order valence-corrected chi connectivity index (χ4v) is 2.09. The van der Waals surface area contributed by atoms with E-state index in [0.717, 1.165) is 30.3 Å². The van der Waals surface area contributed by atoms with Crippen molar-refractivity contribution in [1.29, 1.82) is 0 Å². The van der Waals surface area contributed by atoms with Crippen LogP contribution in [0.4, 0.5) is 5.69 Å². The molecule has 0 amide bonds. The van der Waals surface area contributed by atoms with Gasteiger partial charge in [-0.3, -0.25) is 0 Å². The fraction of sp³-hybridized carbons (Fsp3) is 0.571. The number of benzene rings is 1. The number of nitrogens with one attached hydrogen (secondary N) is 1. The summed E-state index contributed by atoms with van der Waals surface area (Å²) in [6.07, 6.45) is -0.384. The van der Waals surface area contributed by atoms with E-state index in [1.165, 1.54) is 0 Å². The largest absolute Gasteiger partial charge is 0.454 e. The molecule has 5 nitrogen and oxygen atoms in total. The van der Waals surface area contributed by atoms with E-state index in [1.807, 2.05) is 18.2 Å². The number of aliphatic hydroxyl groups is 1. The van der Waals surface area contributed by atoms with Crippen LogP contribution in [0.15, 0.2) is 18.2 Å². The number of fused-ring (bicyclic) bond motifs is 1. The molecule has 0 aromatic heterocycles. The van der Waals surface area contributed by atoms with Crippen LogP contribution in [0.3, 0.4) is 0 Å². The van der Waals surface area contributed by atoms with Crippen molar-refractivity contribution in [2.45, 2.75) is 20.0 Å². The van der Waals surface area contributed by atoms with Crippen molar-refractivity contribution in [3.8, 4) is 11.5 Å². The predicted octanol–water partition coefficient (Wildman–Crippen LogP) is 1.53. The molecular formula is C14H22N2O3. The third-order valence-corrected chi connectivity index (χ3v) is 3.28. The second-order valence-electron chi connectivity index (χ2n) is 4.59. The van der Waals surface area contributed by atoms with E-state index in [4.69, 9.17) is 9.47 Å². The molecule has 1 unspecified atom stereocenters. The van der Waals surface area contributed by atoms with Gasteiger partial charge in [0, 0.05) is 24.8 Å². The molecule has 1 aromatic carbocycles. The van der Waals surface area contributed by atoms with E-state index in [0.29, 0.717) is 13.1 Å². The van der Waals surface area contributed by atoms with E-state index >= 15 is 0 Å². The highest BCUT2D eigenvalue weighted by molar-refractivity contribution is 5.55. The van der Waals surface area contributed by atoms with Crippen LogP contribution in [0.2, 0.25) is 0 Å². The molecule has 1 aliphatic heterocycles. The minimum absolute atomic E-state index is 0.281. The van der Waals surface area contributed by atoms with Gasteiger partial charge < -0.3 is 24.8 Å². The fourth-order valence-electron chi connectivity index (χ4n) is 2.09. The normalized spacial score (nSPS) is 14.7. The summed E-state index contributed by atoms with van der Waals surface area (Å²) in [7, 11) is 0. The van der Waals surface area contributed by atoms with Gasteiger partial charge in [0.15, 0.2) is 11.5 Å². The summed E-state index contributed by atoms with van der Waals surface area (Å²) in [5.41, 5.74) is 0.933. The number of likely N-dealkylation sites (N-methyl/N-ethyl adjacent to an activating group) is 1. The first kappa shape index (κ1) is 14.0. The lowest BCUT2D eigenvalue weighted by atomic mass is 10.2. The van der Waals surface area contributed by atoms with E-state index in [2.05, 4.69) is 24.1 Å². The van der Waals surface area contributed by atoms with Crippen LogP contribution in [0.5, 0.6) is 11.5 Å². The Balaban J connectivity index is 1.81. The Bertz CT molecular complexity index is 408. The summed E-state index contributed by atoms with van der Waals surface area (Å²) in [6.45, 7) is 7.60. The number of rotatable bonds is 7. The van der Waals surface area contributed by atoms with Gasteiger partial charge in [-0.05, 0) is 25.2 Å². The highest BCUT2D eigenvalue weighted by Gasteiger charge is 2.14. The first-order valence-electron chi connectivity index (χ1n) is 6.76. The number of hydrogen-bond acceptors (Lipinski definition) is 5. The van der Waals surface area contributed by atoms with Gasteiger partial charge in [0.1, 0.15) is 0 Å². The standard InChI is InChI=1S/C14H22N2O3/c1-3-16(4-2)9-12(17)8-15-11-5-6-13-14(7-11)19-10-18-13/h5-7,12,15,17H,3-4,8-10H2,1-2H3. The molecule has 1 atom stereocenters. The number of hydrogen-bond donors (Lipinski definition) is 2. The van der Waals surface area contributed by atoms with Gasteiger partial charge in [-0.1, -0.05) is 13.8 Å². The molecule has 0 saturated carbocycles. The Kier molecular flexibility index (Phi) is 4.87. The Hall–Kier alpha value is -1.46. The zero-order valence-electron chi connectivity index (χ0n) is 11.6. The summed E-state index contributed by atoms with van der Waals surface area (Å²) < 4.78 is 10.6. The molecule has 19 heavy (non-hydrogen) atoms. The molecule has 0 fully saturated rings. The van der Waals surface area contributed by atoms with E-state index < -0.39 is 0 Å². The Morgan fingerprint density at radius 2 is 2.00 bits per heavy atom. The topological polar surface area (TPSA) is 54.0 Å². The maximum Gasteiger partial charge on any atom is 0.231 e. The zero-order valence-corrected chi connectivity index (χ0v) is 11.6. The first-order valence-corrected chi connectivity index (χ1v) is 6.76. The van der Waals surface area contributed by atoms with Crippen LogP contribution in [0, 0.1) is 0 Å². The highest BCUT2D eigenvalue weighted by Crippen LogP contribution is 2.34. The molecule has 1 heterocycles. The lowest BCUT2D eigenvalue weighted by molar-refractivity contribution is 0.128. The van der Waals surface area contributed by atoms with E-state index in [1.54, 1.807) is 0 Å². The molecule has 1 aromatic rings. The summed E-state index contributed by atoms with van der Waals surface area (Å²) in [6, 6.07) is 5.70. The van der Waals surface area contributed by atoms with Crippen LogP contribution >= 0.6 is 0 Å². The van der Waals surface area contributed by atoms with Gasteiger partial charge >= 0.3 is 0 Å². The Labute approximate surface area is 114 Å². The van der Waals surface area contributed by atoms with Crippen LogP contribution in [-0.2, 0) is 0 Å². The van der Waals surface area contributed by atoms with Crippen molar-refractivity contribution in [2.75, 3.05) is 38.3 Å². The second kappa shape index (κ2) is 6.63. The van der Waals surface area contributed by atoms with Gasteiger partial charge in [-0.2, -0.15) is 0 Å². The molecule has 5 heteroatoms. The van der Waals surface area contributed by atoms with Crippen LogP contribution in [0.25, 0.3) is 0 Å². The quantitative estimate of drug-likeness (QED) is 0.784. The van der Waals surface area contributed by atoms with Gasteiger partial charge in [0.2, 0.25) is 6.79 Å². The summed E-state index contributed by atoms with van der Waals surface area (Å²) in [4.78, 5) is 2.20. The van der Waals surface area contributed by atoms with Gasteiger partial charge in [-0.25, -0.2) is 0 Å². The van der Waals surface area contributed by atoms with Crippen LogP contribution in [-0.4, -0.2) is 49.1 Å². The van der Waals surface area contributed by atoms with Crippen molar-refractivity contribution in [2.24, 2.45) is 0 Å². The average molecular weight is 266 g/mol. The van der Waals surface area contributed by atoms with Crippen molar-refractivity contribution in [1.82, 2.24) is 4.90 Å². The van der Waals surface area contributed by atoms with E-state index in [9.17, 15) is 5.11 Å². The van der Waals surface area contributed by atoms with Crippen molar-refractivity contribution >= 4 is 5.69 Å². The smallest absolute Gasteiger partial charge is 0.231 e. The minimum Gasteiger partial charge on any atom is -0.454 e. The predicted molar refractivity (Wildman–Crippen MR) is 74.8 cm³/mol. The Morgan fingerprint density at radius 3 is 2.74 bits per heavy atom. The summed E-state index contributed by atoms with van der Waals surface area (Å²) in [5, 5.41) is 13.2. The summed E-state index contributed by atoms with van der Waals surface area (Å²) >= 11 is 0. The zero-order chi connectivity index (χ0) is 13.7. The molecule has 2 rings (SSSR count). The summed E-state index contributed by atoms with van der Waals surface area (Å²) in [5.74, 6) is 1.53. The number of anilines is 1. The lowest BCUT2D eigenvalue weighted by Crippen LogP contribution is -2.35. The van der Waals surface area contributed by atoms with Crippen molar-refractivity contribution in [3.05, 3.63) is 18.2 Å². The minimum atomic E-state index is -0.384. The molecule has 2 N–H and O–H groups in total. The molecule has 0 saturated heterocycles. The second-order valence-corrected chi connectivity index (χ2v) is 4.59. The average Bonchev–Trinajstić information content (AvgIpc) is 2.89. The number of ether oxygens (including phenoxy) is 2. The molecule has 0 bridgehead atoms. The van der Waals surface area contributed by atoms with E-state index in [-0.39, 0.29) is 12.9 Å². The first-order chi connectivity index (χ1) is 9.22. The van der Waals surface area contributed by atoms with Crippen molar-refractivity contribution < 1.29 is 14.6 Å². The van der Waals surface area contributed by atoms with Crippen LogP contribution in [0.1, 0.15) is 13.8 Å². The Morgan fingerprint density at radius 1 is 1.26 bits per heavy atom. The number of nitrogens with zero attached hydrogens (tertiary/aromatic N) is 1. The molecule has 106 valence electrons. The SMILES string of the molecule is CCN(CC)CC(O)CNc1ccc2c(c1)OCO2. The van der Waals surface area contributed by atoms with Crippen molar-refractivity contribution in [3.63, 3.8) is 0 Å². The maximum atomic E-state index is 9.98. The molecule has 0 aliphatic carbocycles.